The van der Waals surface area contributed by atoms with E-state index in [0.717, 1.165) is 30.4 Å². The summed E-state index contributed by atoms with van der Waals surface area (Å²) in [4.78, 5) is 0. The Morgan fingerprint density at radius 3 is 2.48 bits per heavy atom. The zero-order valence-electron chi connectivity index (χ0n) is 12.5. The topological polar surface area (TPSA) is 26.0 Å². The largest absolute Gasteiger partial charge is 0.327 e. The number of hydrogen-bond acceptors (Lipinski definition) is 1. The molecule has 0 bridgehead atoms. The Kier molecular flexibility index (Phi) is 3.81. The molecule has 110 valence electrons. The molecule has 2 N–H and O–H groups in total. The summed E-state index contributed by atoms with van der Waals surface area (Å²) >= 11 is 0. The van der Waals surface area contributed by atoms with Crippen molar-refractivity contribution in [1.29, 1.82) is 0 Å². The Hall–Kier alpha value is -1.67. The smallest absolute Gasteiger partial charge is 0.123 e. The molecule has 3 rings (SSSR count). The van der Waals surface area contributed by atoms with Crippen LogP contribution >= 0.6 is 0 Å². The van der Waals surface area contributed by atoms with Gasteiger partial charge in [-0.05, 0) is 55.0 Å². The molecule has 0 saturated heterocycles. The molecular formula is C19H22FN. The van der Waals surface area contributed by atoms with E-state index in [1.807, 2.05) is 19.1 Å². The van der Waals surface area contributed by atoms with Crippen molar-refractivity contribution in [3.8, 4) is 0 Å². The minimum Gasteiger partial charge on any atom is -0.327 e. The molecule has 0 radical (unpaired) electrons. The van der Waals surface area contributed by atoms with Gasteiger partial charge in [0.1, 0.15) is 5.82 Å². The van der Waals surface area contributed by atoms with E-state index < -0.39 is 0 Å². The highest BCUT2D eigenvalue weighted by Crippen LogP contribution is 2.46. The average molecular weight is 283 g/mol. The molecule has 1 fully saturated rings. The third kappa shape index (κ3) is 2.60. The predicted molar refractivity (Wildman–Crippen MR) is 84.8 cm³/mol. The zero-order chi connectivity index (χ0) is 14.9. The van der Waals surface area contributed by atoms with Crippen molar-refractivity contribution < 1.29 is 4.39 Å². The molecule has 1 nitrogen and oxygen atoms in total. The maximum absolute atomic E-state index is 13.5. The molecule has 1 unspecified atom stereocenters. The molecule has 1 atom stereocenters. The lowest BCUT2D eigenvalue weighted by Crippen LogP contribution is -2.51. The second kappa shape index (κ2) is 5.61. The summed E-state index contributed by atoms with van der Waals surface area (Å²) in [6, 6.07) is 15.6. The molecule has 1 saturated carbocycles. The van der Waals surface area contributed by atoms with Gasteiger partial charge in [0.05, 0.1) is 0 Å². The fourth-order valence-corrected chi connectivity index (χ4v) is 3.49. The first-order valence-electron chi connectivity index (χ1n) is 7.68. The van der Waals surface area contributed by atoms with E-state index >= 15 is 0 Å². The molecule has 1 aliphatic carbocycles. The SMILES string of the molecule is Cc1ccc(F)cc1CC(N)C1(c2ccccc2)CCC1. The number of aryl methyl sites for hydroxylation is 1. The van der Waals surface area contributed by atoms with Crippen LogP contribution in [0.5, 0.6) is 0 Å². The average Bonchev–Trinajstić information content (AvgIpc) is 2.43. The van der Waals surface area contributed by atoms with Gasteiger partial charge < -0.3 is 5.73 Å². The van der Waals surface area contributed by atoms with Crippen molar-refractivity contribution in [2.75, 3.05) is 0 Å². The van der Waals surface area contributed by atoms with Gasteiger partial charge in [-0.25, -0.2) is 4.39 Å². The lowest BCUT2D eigenvalue weighted by atomic mass is 9.59. The molecule has 0 aromatic heterocycles. The third-order valence-electron chi connectivity index (χ3n) is 5.06. The van der Waals surface area contributed by atoms with Gasteiger partial charge in [-0.1, -0.05) is 42.8 Å². The summed E-state index contributed by atoms with van der Waals surface area (Å²) in [6.45, 7) is 2.03. The normalized spacial score (nSPS) is 18.0. The van der Waals surface area contributed by atoms with Crippen molar-refractivity contribution in [3.63, 3.8) is 0 Å². The number of benzene rings is 2. The predicted octanol–water partition coefficient (Wildman–Crippen LogP) is 4.13. The standard InChI is InChI=1S/C19H22FN/c1-14-8-9-17(20)12-15(14)13-18(21)19(10-5-11-19)16-6-3-2-4-7-16/h2-4,6-9,12,18H,5,10-11,13,21H2,1H3. The van der Waals surface area contributed by atoms with E-state index in [0.29, 0.717) is 0 Å². The van der Waals surface area contributed by atoms with Crippen LogP contribution < -0.4 is 5.73 Å². The Balaban J connectivity index is 1.87. The van der Waals surface area contributed by atoms with Gasteiger partial charge in [0.25, 0.3) is 0 Å². The number of halogens is 1. The number of nitrogens with two attached hydrogens (primary N) is 1. The summed E-state index contributed by atoms with van der Waals surface area (Å²) < 4.78 is 13.5. The molecule has 2 aromatic rings. The van der Waals surface area contributed by atoms with Crippen molar-refractivity contribution >= 4 is 0 Å². The maximum Gasteiger partial charge on any atom is 0.123 e. The highest BCUT2D eigenvalue weighted by molar-refractivity contribution is 5.34. The van der Waals surface area contributed by atoms with Crippen molar-refractivity contribution in [2.24, 2.45) is 5.73 Å². The van der Waals surface area contributed by atoms with Crippen LogP contribution in [0.2, 0.25) is 0 Å². The quantitative estimate of drug-likeness (QED) is 0.897. The van der Waals surface area contributed by atoms with Crippen molar-refractivity contribution in [2.45, 2.75) is 44.1 Å². The molecule has 2 aromatic carbocycles. The number of hydrogen-bond donors (Lipinski definition) is 1. The molecule has 21 heavy (non-hydrogen) atoms. The molecular weight excluding hydrogens is 261 g/mol. The molecule has 2 heteroatoms. The van der Waals surface area contributed by atoms with Crippen LogP contribution in [0.1, 0.15) is 36.0 Å². The second-order valence-electron chi connectivity index (χ2n) is 6.26. The third-order valence-corrected chi connectivity index (χ3v) is 5.06. The lowest BCUT2D eigenvalue weighted by molar-refractivity contribution is 0.194. The summed E-state index contributed by atoms with van der Waals surface area (Å²) in [5.41, 5.74) is 10.1. The second-order valence-corrected chi connectivity index (χ2v) is 6.26. The molecule has 1 aliphatic rings. The fourth-order valence-electron chi connectivity index (χ4n) is 3.49. The van der Waals surface area contributed by atoms with E-state index in [1.165, 1.54) is 18.1 Å². The minimum absolute atomic E-state index is 0.0362. The van der Waals surface area contributed by atoms with Gasteiger partial charge in [0.2, 0.25) is 0 Å². The fraction of sp³-hybridized carbons (Fsp3) is 0.368. The summed E-state index contributed by atoms with van der Waals surface area (Å²) in [5, 5.41) is 0. The van der Waals surface area contributed by atoms with Crippen LogP contribution in [0.4, 0.5) is 4.39 Å². The minimum atomic E-state index is -0.176. The van der Waals surface area contributed by atoms with Crippen LogP contribution in [0.3, 0.4) is 0 Å². The highest BCUT2D eigenvalue weighted by Gasteiger charge is 2.43. The van der Waals surface area contributed by atoms with E-state index in [-0.39, 0.29) is 17.3 Å². The van der Waals surface area contributed by atoms with Gasteiger partial charge >= 0.3 is 0 Å². The maximum atomic E-state index is 13.5. The lowest BCUT2D eigenvalue weighted by Gasteiger charge is -2.47. The first-order valence-corrected chi connectivity index (χ1v) is 7.68. The van der Waals surface area contributed by atoms with Gasteiger partial charge in [-0.15, -0.1) is 0 Å². The van der Waals surface area contributed by atoms with Crippen LogP contribution in [0.15, 0.2) is 48.5 Å². The highest BCUT2D eigenvalue weighted by atomic mass is 19.1. The van der Waals surface area contributed by atoms with Crippen LogP contribution in [0, 0.1) is 12.7 Å². The monoisotopic (exact) mass is 283 g/mol. The Bertz CT molecular complexity index is 617. The Morgan fingerprint density at radius 1 is 1.14 bits per heavy atom. The van der Waals surface area contributed by atoms with Crippen molar-refractivity contribution in [3.05, 3.63) is 71.0 Å². The van der Waals surface area contributed by atoms with E-state index in [9.17, 15) is 4.39 Å². The van der Waals surface area contributed by atoms with Gasteiger partial charge in [-0.2, -0.15) is 0 Å². The first kappa shape index (κ1) is 14.3. The zero-order valence-corrected chi connectivity index (χ0v) is 12.5. The summed E-state index contributed by atoms with van der Waals surface area (Å²) in [7, 11) is 0. The molecule has 0 spiro atoms. The van der Waals surface area contributed by atoms with Crippen LogP contribution in [0.25, 0.3) is 0 Å². The Labute approximate surface area is 126 Å². The van der Waals surface area contributed by atoms with E-state index in [2.05, 4.69) is 24.3 Å². The molecule has 0 aliphatic heterocycles. The van der Waals surface area contributed by atoms with Gasteiger partial charge in [0, 0.05) is 11.5 Å². The number of rotatable bonds is 4. The molecule has 0 heterocycles. The van der Waals surface area contributed by atoms with Gasteiger partial charge in [0.15, 0.2) is 0 Å². The summed E-state index contributed by atoms with van der Waals surface area (Å²) in [6.07, 6.45) is 4.22. The first-order chi connectivity index (χ1) is 10.1. The van der Waals surface area contributed by atoms with Crippen LogP contribution in [-0.4, -0.2) is 6.04 Å². The van der Waals surface area contributed by atoms with Gasteiger partial charge in [-0.3, -0.25) is 0 Å². The van der Waals surface area contributed by atoms with E-state index in [1.54, 1.807) is 6.07 Å². The summed E-state index contributed by atoms with van der Waals surface area (Å²) in [5.74, 6) is -0.176. The molecule has 0 amide bonds. The van der Waals surface area contributed by atoms with Crippen molar-refractivity contribution in [1.82, 2.24) is 0 Å². The van der Waals surface area contributed by atoms with E-state index in [4.69, 9.17) is 5.73 Å². The Morgan fingerprint density at radius 2 is 1.86 bits per heavy atom. The van der Waals surface area contributed by atoms with Crippen LogP contribution in [-0.2, 0) is 11.8 Å².